The third kappa shape index (κ3) is 5.90. The zero-order valence-corrected chi connectivity index (χ0v) is 19.3. The van der Waals surface area contributed by atoms with E-state index in [1.54, 1.807) is 0 Å². The van der Waals surface area contributed by atoms with Crippen LogP contribution in [0, 0.1) is 0 Å². The summed E-state index contributed by atoms with van der Waals surface area (Å²) < 4.78 is 13.8. The molecule has 3 aromatic rings. The highest BCUT2D eigenvalue weighted by molar-refractivity contribution is 9.10. The molecular formula is C22H20Br2ClNO2. The second-order valence-corrected chi connectivity index (χ2v) is 8.31. The van der Waals surface area contributed by atoms with E-state index < -0.39 is 0 Å². The maximum absolute atomic E-state index is 6.00. The van der Waals surface area contributed by atoms with Gasteiger partial charge in [-0.05, 0) is 66.6 Å². The summed E-state index contributed by atoms with van der Waals surface area (Å²) in [5.74, 6) is 1.43. The number of benzene rings is 3. The standard InChI is InChI=1S/C22H20Br2ClNO2/c1-2-27-21-11-16(13-26-19-9-5-17(23)6-10-19)20(24)12-22(21)28-14-15-3-7-18(25)8-4-15/h3-12,26H,2,13-14H2,1H3. The van der Waals surface area contributed by atoms with Gasteiger partial charge in [-0.15, -0.1) is 0 Å². The maximum atomic E-state index is 6.00. The Balaban J connectivity index is 1.72. The lowest BCUT2D eigenvalue weighted by atomic mass is 10.2. The van der Waals surface area contributed by atoms with Crippen molar-refractivity contribution in [3.63, 3.8) is 0 Å². The average Bonchev–Trinajstić information content (AvgIpc) is 2.69. The van der Waals surface area contributed by atoms with Crippen LogP contribution in [0.1, 0.15) is 18.1 Å². The summed E-state index contributed by atoms with van der Waals surface area (Å²) in [5, 5.41) is 4.13. The molecule has 3 nitrogen and oxygen atoms in total. The number of halogens is 3. The van der Waals surface area contributed by atoms with Gasteiger partial charge in [0.25, 0.3) is 0 Å². The molecule has 0 unspecified atom stereocenters. The zero-order valence-electron chi connectivity index (χ0n) is 15.3. The second kappa shape index (κ2) is 10.2. The van der Waals surface area contributed by atoms with E-state index in [-0.39, 0.29) is 0 Å². The molecule has 0 saturated carbocycles. The summed E-state index contributed by atoms with van der Waals surface area (Å²) >= 11 is 13.0. The summed E-state index contributed by atoms with van der Waals surface area (Å²) in [5.41, 5.74) is 3.19. The van der Waals surface area contributed by atoms with Crippen molar-refractivity contribution >= 4 is 49.1 Å². The molecule has 0 heterocycles. The lowest BCUT2D eigenvalue weighted by Crippen LogP contribution is -2.04. The number of hydrogen-bond donors (Lipinski definition) is 1. The third-order valence-corrected chi connectivity index (χ3v) is 5.57. The van der Waals surface area contributed by atoms with Gasteiger partial charge in [0, 0.05) is 26.2 Å². The normalized spacial score (nSPS) is 10.6. The van der Waals surface area contributed by atoms with E-state index in [1.807, 2.05) is 67.6 Å². The van der Waals surface area contributed by atoms with Gasteiger partial charge in [-0.2, -0.15) is 0 Å². The number of anilines is 1. The smallest absolute Gasteiger partial charge is 0.162 e. The van der Waals surface area contributed by atoms with Crippen LogP contribution in [0.3, 0.4) is 0 Å². The molecule has 0 saturated heterocycles. The van der Waals surface area contributed by atoms with Crippen molar-refractivity contribution in [3.05, 3.63) is 85.8 Å². The van der Waals surface area contributed by atoms with Gasteiger partial charge in [0.05, 0.1) is 6.61 Å². The van der Waals surface area contributed by atoms with Crippen molar-refractivity contribution in [1.82, 2.24) is 0 Å². The fourth-order valence-corrected chi connectivity index (χ4v) is 3.45. The van der Waals surface area contributed by atoms with Crippen LogP contribution in [0.4, 0.5) is 5.69 Å². The molecule has 0 amide bonds. The first kappa shape index (κ1) is 21.0. The number of ether oxygens (including phenoxy) is 2. The Morgan fingerprint density at radius 1 is 0.893 bits per heavy atom. The monoisotopic (exact) mass is 523 g/mol. The van der Waals surface area contributed by atoms with Crippen LogP contribution >= 0.6 is 43.5 Å². The number of rotatable bonds is 8. The maximum Gasteiger partial charge on any atom is 0.162 e. The minimum absolute atomic E-state index is 0.445. The van der Waals surface area contributed by atoms with E-state index in [0.717, 1.165) is 31.5 Å². The molecule has 3 aromatic carbocycles. The van der Waals surface area contributed by atoms with Gasteiger partial charge in [-0.1, -0.05) is 55.6 Å². The highest BCUT2D eigenvalue weighted by Crippen LogP contribution is 2.35. The topological polar surface area (TPSA) is 30.5 Å². The van der Waals surface area contributed by atoms with Crippen molar-refractivity contribution in [2.75, 3.05) is 11.9 Å². The Morgan fingerprint density at radius 2 is 1.57 bits per heavy atom. The molecule has 146 valence electrons. The molecule has 1 N–H and O–H groups in total. The molecule has 0 aliphatic carbocycles. The van der Waals surface area contributed by atoms with Gasteiger partial charge in [0.1, 0.15) is 6.61 Å². The van der Waals surface area contributed by atoms with Crippen molar-refractivity contribution < 1.29 is 9.47 Å². The number of hydrogen-bond acceptors (Lipinski definition) is 3. The minimum Gasteiger partial charge on any atom is -0.490 e. The first-order valence-corrected chi connectivity index (χ1v) is 10.8. The summed E-state index contributed by atoms with van der Waals surface area (Å²) in [4.78, 5) is 0. The molecule has 0 radical (unpaired) electrons. The summed E-state index contributed by atoms with van der Waals surface area (Å²) in [6, 6.07) is 19.7. The van der Waals surface area contributed by atoms with E-state index in [4.69, 9.17) is 21.1 Å². The fraction of sp³-hybridized carbons (Fsp3) is 0.182. The van der Waals surface area contributed by atoms with Crippen molar-refractivity contribution in [1.29, 1.82) is 0 Å². The Bertz CT molecular complexity index is 915. The van der Waals surface area contributed by atoms with Crippen LogP contribution < -0.4 is 14.8 Å². The van der Waals surface area contributed by atoms with Crippen LogP contribution in [-0.2, 0) is 13.2 Å². The quantitative estimate of drug-likeness (QED) is 0.331. The largest absolute Gasteiger partial charge is 0.490 e. The van der Waals surface area contributed by atoms with Crippen LogP contribution in [0.15, 0.2) is 69.6 Å². The number of nitrogens with one attached hydrogen (secondary N) is 1. The minimum atomic E-state index is 0.445. The summed E-state index contributed by atoms with van der Waals surface area (Å²) in [7, 11) is 0. The second-order valence-electron chi connectivity index (χ2n) is 6.10. The molecule has 0 spiro atoms. The van der Waals surface area contributed by atoms with E-state index in [9.17, 15) is 0 Å². The lowest BCUT2D eigenvalue weighted by Gasteiger charge is -2.16. The van der Waals surface area contributed by atoms with Gasteiger partial charge < -0.3 is 14.8 Å². The average molecular weight is 526 g/mol. The molecule has 0 aromatic heterocycles. The molecule has 0 aliphatic heterocycles. The Morgan fingerprint density at radius 3 is 2.25 bits per heavy atom. The van der Waals surface area contributed by atoms with Gasteiger partial charge in [-0.25, -0.2) is 0 Å². The van der Waals surface area contributed by atoms with E-state index in [1.165, 1.54) is 0 Å². The Hall–Kier alpha value is -1.69. The van der Waals surface area contributed by atoms with Crippen LogP contribution in [0.5, 0.6) is 11.5 Å². The van der Waals surface area contributed by atoms with Gasteiger partial charge in [-0.3, -0.25) is 0 Å². The Labute approximate surface area is 187 Å². The summed E-state index contributed by atoms with van der Waals surface area (Å²) in [6.07, 6.45) is 0. The summed E-state index contributed by atoms with van der Waals surface area (Å²) in [6.45, 7) is 3.64. The SMILES string of the molecule is CCOc1cc(CNc2ccc(Br)cc2)c(Br)cc1OCc1ccc(Cl)cc1. The van der Waals surface area contributed by atoms with Gasteiger partial charge in [0.2, 0.25) is 0 Å². The van der Waals surface area contributed by atoms with Crippen molar-refractivity contribution in [3.8, 4) is 11.5 Å². The van der Waals surface area contributed by atoms with Crippen molar-refractivity contribution in [2.24, 2.45) is 0 Å². The molecule has 0 bridgehead atoms. The molecule has 0 aliphatic rings. The van der Waals surface area contributed by atoms with Crippen LogP contribution in [-0.4, -0.2) is 6.61 Å². The molecule has 0 fully saturated rings. The first-order chi connectivity index (χ1) is 13.5. The predicted octanol–water partition coefficient (Wildman–Crippen LogP) is 7.45. The van der Waals surface area contributed by atoms with E-state index >= 15 is 0 Å². The Kier molecular flexibility index (Phi) is 7.65. The molecule has 0 atom stereocenters. The van der Waals surface area contributed by atoms with E-state index in [0.29, 0.717) is 30.5 Å². The van der Waals surface area contributed by atoms with Crippen LogP contribution in [0.2, 0.25) is 5.02 Å². The van der Waals surface area contributed by atoms with Gasteiger partial charge >= 0.3 is 0 Å². The molecule has 6 heteroatoms. The predicted molar refractivity (Wildman–Crippen MR) is 123 cm³/mol. The third-order valence-electron chi connectivity index (χ3n) is 4.05. The zero-order chi connectivity index (χ0) is 19.9. The van der Waals surface area contributed by atoms with Crippen molar-refractivity contribution in [2.45, 2.75) is 20.1 Å². The molecule has 3 rings (SSSR count). The first-order valence-electron chi connectivity index (χ1n) is 8.87. The highest BCUT2D eigenvalue weighted by Gasteiger charge is 2.11. The molecular weight excluding hydrogens is 506 g/mol. The molecule has 28 heavy (non-hydrogen) atoms. The van der Waals surface area contributed by atoms with E-state index in [2.05, 4.69) is 37.2 Å². The van der Waals surface area contributed by atoms with Crippen LogP contribution in [0.25, 0.3) is 0 Å². The van der Waals surface area contributed by atoms with Gasteiger partial charge in [0.15, 0.2) is 11.5 Å². The highest BCUT2D eigenvalue weighted by atomic mass is 79.9. The fourth-order valence-electron chi connectivity index (χ4n) is 2.60. The lowest BCUT2D eigenvalue weighted by molar-refractivity contribution is 0.269.